The Labute approximate surface area is 73.3 Å². The summed E-state index contributed by atoms with van der Waals surface area (Å²) in [6.07, 6.45) is 3.47. The molecule has 2 rings (SSSR count). The Balaban J connectivity index is 2.55. The Kier molecular flexibility index (Phi) is 1.63. The summed E-state index contributed by atoms with van der Waals surface area (Å²) in [6.45, 7) is 0. The van der Waals surface area contributed by atoms with Gasteiger partial charge in [-0.1, -0.05) is 6.07 Å². The second-order valence-corrected chi connectivity index (χ2v) is 2.32. The van der Waals surface area contributed by atoms with Crippen molar-refractivity contribution in [2.24, 2.45) is 0 Å². The van der Waals surface area contributed by atoms with Crippen molar-refractivity contribution < 1.29 is 14.4 Å². The van der Waals surface area contributed by atoms with Crippen LogP contribution in [-0.2, 0) is 0 Å². The third-order valence-electron chi connectivity index (χ3n) is 1.55. The fourth-order valence-electron chi connectivity index (χ4n) is 1.02. The molecule has 1 aromatic rings. The monoisotopic (exact) mass is 178 g/mol. The van der Waals surface area contributed by atoms with Crippen molar-refractivity contribution in [2.75, 3.05) is 0 Å². The lowest BCUT2D eigenvalue weighted by Crippen LogP contribution is -2.00. The van der Waals surface area contributed by atoms with Crippen molar-refractivity contribution in [3.05, 3.63) is 40.8 Å². The Hall–Kier alpha value is -2.04. The normalized spacial score (nSPS) is 12.6. The standard InChI is InChI=1S/C8H4NO4/c10-9(11)6-2-1-3-7-8(6)13-5-4-12-7/h1-3,5H. The van der Waals surface area contributed by atoms with E-state index in [1.165, 1.54) is 12.1 Å². The maximum Gasteiger partial charge on any atom is 0.315 e. The van der Waals surface area contributed by atoms with Crippen molar-refractivity contribution in [1.29, 1.82) is 0 Å². The highest BCUT2D eigenvalue weighted by Crippen LogP contribution is 2.38. The number of nitro groups is 1. The number of para-hydroxylation sites is 1. The molecule has 1 radical (unpaired) electrons. The molecule has 5 heteroatoms. The summed E-state index contributed by atoms with van der Waals surface area (Å²) in [6, 6.07) is 4.44. The van der Waals surface area contributed by atoms with Gasteiger partial charge in [0.25, 0.3) is 0 Å². The first-order chi connectivity index (χ1) is 6.29. The van der Waals surface area contributed by atoms with E-state index in [0.29, 0.717) is 5.75 Å². The van der Waals surface area contributed by atoms with Crippen molar-refractivity contribution >= 4 is 5.69 Å². The highest BCUT2D eigenvalue weighted by molar-refractivity contribution is 5.56. The molecule has 0 N–H and O–H groups in total. The number of nitro benzene ring substituents is 1. The molecule has 1 aliphatic rings. The number of fused-ring (bicyclic) bond motifs is 1. The average molecular weight is 178 g/mol. The van der Waals surface area contributed by atoms with E-state index in [4.69, 9.17) is 9.47 Å². The molecule has 0 unspecified atom stereocenters. The van der Waals surface area contributed by atoms with E-state index < -0.39 is 4.92 Å². The molecule has 0 bridgehead atoms. The van der Waals surface area contributed by atoms with Gasteiger partial charge in [-0.3, -0.25) is 10.1 Å². The Morgan fingerprint density at radius 3 is 3.08 bits per heavy atom. The van der Waals surface area contributed by atoms with Crippen molar-refractivity contribution in [3.8, 4) is 11.5 Å². The molecule has 0 amide bonds. The van der Waals surface area contributed by atoms with Gasteiger partial charge in [0.1, 0.15) is 6.26 Å². The molecule has 0 saturated carbocycles. The lowest BCUT2D eigenvalue weighted by molar-refractivity contribution is -0.385. The van der Waals surface area contributed by atoms with E-state index in [-0.39, 0.29) is 11.4 Å². The molecule has 0 atom stereocenters. The number of ether oxygens (including phenoxy) is 2. The van der Waals surface area contributed by atoms with Crippen LogP contribution < -0.4 is 9.47 Å². The van der Waals surface area contributed by atoms with E-state index in [2.05, 4.69) is 6.26 Å². The largest absolute Gasteiger partial charge is 0.450 e. The molecule has 13 heavy (non-hydrogen) atoms. The summed E-state index contributed by atoms with van der Waals surface area (Å²) in [4.78, 5) is 9.98. The summed E-state index contributed by atoms with van der Waals surface area (Å²) in [5.74, 6) is 0.419. The van der Waals surface area contributed by atoms with E-state index in [9.17, 15) is 10.1 Å². The molecular formula is C8H4NO4. The molecular weight excluding hydrogens is 174 g/mol. The predicted molar refractivity (Wildman–Crippen MR) is 42.2 cm³/mol. The molecule has 1 aliphatic heterocycles. The first kappa shape index (κ1) is 7.60. The smallest absolute Gasteiger partial charge is 0.315 e. The van der Waals surface area contributed by atoms with E-state index in [1.807, 2.05) is 0 Å². The number of hydrogen-bond donors (Lipinski definition) is 0. The zero-order chi connectivity index (χ0) is 9.26. The quantitative estimate of drug-likeness (QED) is 0.484. The summed E-state index contributed by atoms with van der Waals surface area (Å²) >= 11 is 0. The zero-order valence-electron chi connectivity index (χ0n) is 6.39. The number of hydrogen-bond acceptors (Lipinski definition) is 4. The molecule has 65 valence electrons. The van der Waals surface area contributed by atoms with Gasteiger partial charge in [0.15, 0.2) is 5.75 Å². The second kappa shape index (κ2) is 2.78. The van der Waals surface area contributed by atoms with Crippen LogP contribution >= 0.6 is 0 Å². The SMILES string of the molecule is O=[N+]([O-])c1cccc2c1OC=[C]O2. The van der Waals surface area contributed by atoms with Crippen LogP contribution in [-0.4, -0.2) is 4.92 Å². The van der Waals surface area contributed by atoms with Crippen LogP contribution in [0, 0.1) is 16.4 Å². The maximum atomic E-state index is 10.5. The fraction of sp³-hybridized carbons (Fsp3) is 0. The first-order valence-corrected chi connectivity index (χ1v) is 3.47. The third kappa shape index (κ3) is 1.20. The maximum absolute atomic E-state index is 10.5. The highest BCUT2D eigenvalue weighted by Gasteiger charge is 2.21. The van der Waals surface area contributed by atoms with Gasteiger partial charge in [0, 0.05) is 6.07 Å². The van der Waals surface area contributed by atoms with Gasteiger partial charge in [0.2, 0.25) is 12.0 Å². The van der Waals surface area contributed by atoms with Gasteiger partial charge >= 0.3 is 5.69 Å². The molecule has 0 saturated heterocycles. The predicted octanol–water partition coefficient (Wildman–Crippen LogP) is 1.64. The van der Waals surface area contributed by atoms with Gasteiger partial charge < -0.3 is 9.47 Å². The van der Waals surface area contributed by atoms with Gasteiger partial charge in [-0.05, 0) is 6.07 Å². The second-order valence-electron chi connectivity index (χ2n) is 2.32. The Morgan fingerprint density at radius 1 is 1.46 bits per heavy atom. The molecule has 5 nitrogen and oxygen atoms in total. The van der Waals surface area contributed by atoms with Gasteiger partial charge in [-0.15, -0.1) is 0 Å². The summed E-state index contributed by atoms with van der Waals surface area (Å²) in [7, 11) is 0. The van der Waals surface area contributed by atoms with Gasteiger partial charge in [-0.25, -0.2) is 0 Å². The lowest BCUT2D eigenvalue weighted by Gasteiger charge is -2.10. The van der Waals surface area contributed by atoms with E-state index in [0.717, 1.165) is 6.26 Å². The van der Waals surface area contributed by atoms with Crippen molar-refractivity contribution in [1.82, 2.24) is 0 Å². The molecule has 0 spiro atoms. The Morgan fingerprint density at radius 2 is 2.31 bits per heavy atom. The van der Waals surface area contributed by atoms with Crippen molar-refractivity contribution in [3.63, 3.8) is 0 Å². The van der Waals surface area contributed by atoms with Crippen LogP contribution in [0.2, 0.25) is 0 Å². The summed E-state index contributed by atoms with van der Waals surface area (Å²) < 4.78 is 9.79. The van der Waals surface area contributed by atoms with Gasteiger partial charge in [-0.2, -0.15) is 0 Å². The molecule has 1 aromatic carbocycles. The summed E-state index contributed by atoms with van der Waals surface area (Å²) in [5.41, 5.74) is -0.116. The first-order valence-electron chi connectivity index (χ1n) is 3.47. The number of rotatable bonds is 1. The fourth-order valence-corrected chi connectivity index (χ4v) is 1.02. The van der Waals surface area contributed by atoms with Crippen LogP contribution in [0.15, 0.2) is 24.5 Å². The van der Waals surface area contributed by atoms with Crippen LogP contribution in [0.1, 0.15) is 0 Å². The molecule has 0 aliphatic carbocycles. The third-order valence-corrected chi connectivity index (χ3v) is 1.55. The highest BCUT2D eigenvalue weighted by atomic mass is 16.6. The van der Waals surface area contributed by atoms with E-state index >= 15 is 0 Å². The topological polar surface area (TPSA) is 61.6 Å². The van der Waals surface area contributed by atoms with Crippen LogP contribution in [0.4, 0.5) is 5.69 Å². The van der Waals surface area contributed by atoms with Gasteiger partial charge in [0.05, 0.1) is 4.92 Å². The minimum Gasteiger partial charge on any atom is -0.450 e. The van der Waals surface area contributed by atoms with E-state index in [1.54, 1.807) is 6.07 Å². The summed E-state index contributed by atoms with van der Waals surface area (Å²) in [5, 5.41) is 10.5. The van der Waals surface area contributed by atoms with Crippen LogP contribution in [0.5, 0.6) is 11.5 Å². The van der Waals surface area contributed by atoms with Crippen molar-refractivity contribution in [2.45, 2.75) is 0 Å². The minimum absolute atomic E-state index is 0.116. The average Bonchev–Trinajstić information content (AvgIpc) is 2.17. The number of benzene rings is 1. The minimum atomic E-state index is -0.526. The molecule has 0 aromatic heterocycles. The van der Waals surface area contributed by atoms with Crippen LogP contribution in [0.25, 0.3) is 0 Å². The Bertz CT molecular complexity index is 386. The zero-order valence-corrected chi connectivity index (χ0v) is 6.39. The number of nitrogens with zero attached hydrogens (tertiary/aromatic N) is 1. The van der Waals surface area contributed by atoms with Crippen LogP contribution in [0.3, 0.4) is 0 Å². The molecule has 1 heterocycles. The molecule has 0 fully saturated rings. The lowest BCUT2D eigenvalue weighted by atomic mass is 10.2.